The zero-order valence-corrected chi connectivity index (χ0v) is 14.6. The molecule has 0 spiro atoms. The van der Waals surface area contributed by atoms with Gasteiger partial charge in [0, 0.05) is 6.54 Å². The van der Waals surface area contributed by atoms with Crippen LogP contribution < -0.4 is 21.2 Å². The third-order valence-corrected chi connectivity index (χ3v) is 4.73. The molecule has 27 heavy (non-hydrogen) atoms. The van der Waals surface area contributed by atoms with Gasteiger partial charge in [-0.1, -0.05) is 30.3 Å². The van der Waals surface area contributed by atoms with E-state index >= 15 is 0 Å². The molecular weight excluding hydrogens is 346 g/mol. The van der Waals surface area contributed by atoms with Crippen molar-refractivity contribution in [2.24, 2.45) is 0 Å². The van der Waals surface area contributed by atoms with Crippen LogP contribution in [-0.2, 0) is 17.8 Å². The van der Waals surface area contributed by atoms with E-state index in [0.717, 1.165) is 17.7 Å². The van der Waals surface area contributed by atoms with Crippen molar-refractivity contribution < 1.29 is 9.53 Å². The molecule has 7 nitrogen and oxygen atoms in total. The molecule has 0 saturated heterocycles. The number of amides is 1. The Morgan fingerprint density at radius 2 is 1.85 bits per heavy atom. The van der Waals surface area contributed by atoms with Crippen LogP contribution in [-0.4, -0.2) is 28.3 Å². The molecule has 0 saturated carbocycles. The standard InChI is InChI=1S/C20H19N3O4/c24-18-14-6-2-3-7-15(14)20(26)23(22-18)12-11-21-19(25)17-10-9-13-5-1-4-8-16(13)27-17/h1-8,17H,9-12H2,(H,21,25)(H,22,24)/t17-/m1/s1. The number of H-pyrrole nitrogens is 1. The van der Waals surface area contributed by atoms with Crippen LogP contribution >= 0.6 is 0 Å². The lowest BCUT2D eigenvalue weighted by Crippen LogP contribution is -2.42. The van der Waals surface area contributed by atoms with Crippen molar-refractivity contribution in [1.29, 1.82) is 0 Å². The molecule has 1 aliphatic rings. The zero-order valence-electron chi connectivity index (χ0n) is 14.6. The zero-order chi connectivity index (χ0) is 18.8. The van der Waals surface area contributed by atoms with Crippen LogP contribution in [0, 0.1) is 0 Å². The van der Waals surface area contributed by atoms with Crippen LogP contribution in [0.15, 0.2) is 58.1 Å². The molecule has 0 aliphatic carbocycles. The van der Waals surface area contributed by atoms with Crippen molar-refractivity contribution in [2.75, 3.05) is 6.54 Å². The van der Waals surface area contributed by atoms with E-state index < -0.39 is 6.10 Å². The molecule has 0 radical (unpaired) electrons. The number of hydrogen-bond acceptors (Lipinski definition) is 4. The third kappa shape index (κ3) is 3.36. The maximum absolute atomic E-state index is 12.5. The molecule has 2 N–H and O–H groups in total. The van der Waals surface area contributed by atoms with E-state index in [1.54, 1.807) is 24.3 Å². The van der Waals surface area contributed by atoms with Crippen molar-refractivity contribution >= 4 is 16.7 Å². The second-order valence-corrected chi connectivity index (χ2v) is 6.49. The molecule has 0 bridgehead atoms. The molecule has 138 valence electrons. The van der Waals surface area contributed by atoms with E-state index in [4.69, 9.17) is 4.74 Å². The quantitative estimate of drug-likeness (QED) is 0.727. The van der Waals surface area contributed by atoms with Crippen LogP contribution in [0.2, 0.25) is 0 Å². The summed E-state index contributed by atoms with van der Waals surface area (Å²) in [4.78, 5) is 36.9. The number of carbonyl (C=O) groups is 1. The minimum absolute atomic E-state index is 0.175. The molecule has 7 heteroatoms. The summed E-state index contributed by atoms with van der Waals surface area (Å²) in [5.74, 6) is 0.514. The lowest BCUT2D eigenvalue weighted by Gasteiger charge is -2.25. The number of nitrogens with one attached hydrogen (secondary N) is 2. The van der Waals surface area contributed by atoms with Gasteiger partial charge >= 0.3 is 0 Å². The van der Waals surface area contributed by atoms with Gasteiger partial charge in [-0.15, -0.1) is 0 Å². The number of carbonyl (C=O) groups excluding carboxylic acids is 1. The number of benzene rings is 2. The third-order valence-electron chi connectivity index (χ3n) is 4.73. The molecule has 0 fully saturated rings. The average molecular weight is 365 g/mol. The second kappa shape index (κ2) is 7.11. The predicted octanol–water partition coefficient (Wildman–Crippen LogP) is 1.20. The van der Waals surface area contributed by atoms with Gasteiger partial charge in [-0.2, -0.15) is 0 Å². The highest BCUT2D eigenvalue weighted by atomic mass is 16.5. The first-order valence-electron chi connectivity index (χ1n) is 8.87. The average Bonchev–Trinajstić information content (AvgIpc) is 2.71. The predicted molar refractivity (Wildman–Crippen MR) is 101 cm³/mol. The minimum atomic E-state index is -0.549. The normalized spacial score (nSPS) is 15.8. The van der Waals surface area contributed by atoms with Crippen molar-refractivity contribution in [3.63, 3.8) is 0 Å². The summed E-state index contributed by atoms with van der Waals surface area (Å²) in [6.07, 6.45) is 0.841. The summed E-state index contributed by atoms with van der Waals surface area (Å²) in [6, 6.07) is 14.3. The Balaban J connectivity index is 1.41. The van der Waals surface area contributed by atoms with Gasteiger partial charge in [-0.05, 0) is 36.6 Å². The summed E-state index contributed by atoms with van der Waals surface area (Å²) in [5, 5.41) is 6.05. The maximum atomic E-state index is 12.5. The first-order chi connectivity index (χ1) is 13.1. The number of rotatable bonds is 4. The first kappa shape index (κ1) is 17.1. The topological polar surface area (TPSA) is 93.2 Å². The molecule has 2 heterocycles. The van der Waals surface area contributed by atoms with Gasteiger partial charge in [0.2, 0.25) is 0 Å². The van der Waals surface area contributed by atoms with E-state index in [1.165, 1.54) is 4.68 Å². The molecule has 4 rings (SSSR count). The van der Waals surface area contributed by atoms with E-state index in [1.807, 2.05) is 24.3 Å². The molecule has 1 amide bonds. The summed E-state index contributed by atoms with van der Waals surface area (Å²) in [6.45, 7) is 0.391. The number of aryl methyl sites for hydroxylation is 1. The monoisotopic (exact) mass is 365 g/mol. The lowest BCUT2D eigenvalue weighted by molar-refractivity contribution is -0.128. The highest BCUT2D eigenvalue weighted by Gasteiger charge is 2.25. The number of fused-ring (bicyclic) bond motifs is 2. The van der Waals surface area contributed by atoms with Gasteiger partial charge in [0.1, 0.15) is 5.75 Å². The van der Waals surface area contributed by atoms with Gasteiger partial charge in [0.15, 0.2) is 6.10 Å². The number of aromatic amines is 1. The fraction of sp³-hybridized carbons (Fsp3) is 0.250. The fourth-order valence-electron chi connectivity index (χ4n) is 3.32. The Hall–Kier alpha value is -3.35. The summed E-state index contributed by atoms with van der Waals surface area (Å²) >= 11 is 0. The van der Waals surface area contributed by atoms with Crippen LogP contribution in [0.3, 0.4) is 0 Å². The second-order valence-electron chi connectivity index (χ2n) is 6.49. The van der Waals surface area contributed by atoms with E-state index in [0.29, 0.717) is 17.2 Å². The minimum Gasteiger partial charge on any atom is -0.480 e. The fourth-order valence-corrected chi connectivity index (χ4v) is 3.32. The van der Waals surface area contributed by atoms with E-state index in [9.17, 15) is 14.4 Å². The van der Waals surface area contributed by atoms with Crippen molar-refractivity contribution in [3.8, 4) is 5.75 Å². The van der Waals surface area contributed by atoms with Crippen LogP contribution in [0.1, 0.15) is 12.0 Å². The molecule has 1 atom stereocenters. The van der Waals surface area contributed by atoms with Crippen molar-refractivity contribution in [1.82, 2.24) is 15.1 Å². The Morgan fingerprint density at radius 3 is 2.70 bits per heavy atom. The maximum Gasteiger partial charge on any atom is 0.273 e. The van der Waals surface area contributed by atoms with E-state index in [2.05, 4.69) is 10.4 Å². The number of ether oxygens (including phenoxy) is 1. The summed E-state index contributed by atoms with van der Waals surface area (Å²) in [7, 11) is 0. The highest BCUT2D eigenvalue weighted by Crippen LogP contribution is 2.26. The van der Waals surface area contributed by atoms with Crippen LogP contribution in [0.5, 0.6) is 5.75 Å². The van der Waals surface area contributed by atoms with Gasteiger partial charge in [0.25, 0.3) is 17.0 Å². The summed E-state index contributed by atoms with van der Waals surface area (Å²) < 4.78 is 6.98. The number of hydrogen-bond donors (Lipinski definition) is 2. The Bertz CT molecular complexity index is 1120. The number of aromatic nitrogens is 2. The summed E-state index contributed by atoms with van der Waals surface area (Å²) in [5.41, 5.74) is 0.480. The molecular formula is C20H19N3O4. The molecule has 1 aromatic heterocycles. The van der Waals surface area contributed by atoms with Crippen molar-refractivity contribution in [3.05, 3.63) is 74.8 Å². The van der Waals surface area contributed by atoms with Gasteiger partial charge in [-0.3, -0.25) is 19.5 Å². The SMILES string of the molecule is O=C(NCCn1[nH]c(=O)c2ccccc2c1=O)[C@H]1CCc2ccccc2O1. The van der Waals surface area contributed by atoms with Gasteiger partial charge < -0.3 is 10.1 Å². The largest absolute Gasteiger partial charge is 0.480 e. The van der Waals surface area contributed by atoms with Crippen LogP contribution in [0.4, 0.5) is 0 Å². The smallest absolute Gasteiger partial charge is 0.273 e. The first-order valence-corrected chi connectivity index (χ1v) is 8.87. The molecule has 1 aliphatic heterocycles. The van der Waals surface area contributed by atoms with E-state index in [-0.39, 0.29) is 30.1 Å². The Kier molecular flexibility index (Phi) is 4.50. The molecule has 0 unspecified atom stereocenters. The lowest BCUT2D eigenvalue weighted by atomic mass is 10.0. The van der Waals surface area contributed by atoms with Gasteiger partial charge in [0.05, 0.1) is 17.3 Å². The molecule has 2 aromatic carbocycles. The Labute approximate surface area is 154 Å². The Morgan fingerprint density at radius 1 is 1.11 bits per heavy atom. The van der Waals surface area contributed by atoms with Crippen LogP contribution in [0.25, 0.3) is 10.8 Å². The highest BCUT2D eigenvalue weighted by molar-refractivity contribution is 5.81. The number of para-hydroxylation sites is 1. The molecule has 3 aromatic rings. The number of nitrogens with zero attached hydrogens (tertiary/aromatic N) is 1. The van der Waals surface area contributed by atoms with Crippen molar-refractivity contribution in [2.45, 2.75) is 25.5 Å². The van der Waals surface area contributed by atoms with Gasteiger partial charge in [-0.25, -0.2) is 4.68 Å².